The average Bonchev–Trinajstić information content (AvgIpc) is 3.30. The van der Waals surface area contributed by atoms with E-state index in [2.05, 4.69) is 19.8 Å². The number of rotatable bonds is 4. The Hall–Kier alpha value is -2.70. The van der Waals surface area contributed by atoms with Crippen LogP contribution in [-0.2, 0) is 9.47 Å². The second-order valence-electron chi connectivity index (χ2n) is 12.2. The van der Waals surface area contributed by atoms with Crippen molar-refractivity contribution in [2.75, 3.05) is 44.4 Å². The quantitative estimate of drug-likeness (QED) is 0.483. The molecule has 11 nitrogen and oxygen atoms in total. The first-order chi connectivity index (χ1) is 19.6. The van der Waals surface area contributed by atoms with E-state index in [1.54, 1.807) is 4.90 Å². The van der Waals surface area contributed by atoms with Crippen LogP contribution in [0.25, 0.3) is 10.9 Å². The third-order valence-corrected chi connectivity index (χ3v) is 8.74. The van der Waals surface area contributed by atoms with Gasteiger partial charge in [0.25, 0.3) is 0 Å². The minimum absolute atomic E-state index is 0.00569. The molecule has 0 aliphatic carbocycles. The number of piperazine rings is 1. The summed E-state index contributed by atoms with van der Waals surface area (Å²) in [7, 11) is 0. The Labute approximate surface area is 244 Å². The highest BCUT2D eigenvalue weighted by molar-refractivity contribution is 6.30. The fraction of sp³-hybridized carbons (Fsp3) is 0.714. The average molecular weight is 593 g/mol. The zero-order valence-electron chi connectivity index (χ0n) is 24.2. The second kappa shape index (κ2) is 10.9. The summed E-state index contributed by atoms with van der Waals surface area (Å²) < 4.78 is 39.3. The van der Waals surface area contributed by atoms with Gasteiger partial charge in [-0.25, -0.2) is 9.18 Å². The molecule has 0 bridgehead atoms. The molecule has 13 heteroatoms. The van der Waals surface area contributed by atoms with Crippen LogP contribution >= 0.6 is 11.6 Å². The van der Waals surface area contributed by atoms with Gasteiger partial charge in [-0.2, -0.15) is 15.0 Å². The molecule has 6 rings (SSSR count). The lowest BCUT2D eigenvalue weighted by Gasteiger charge is -2.48. The number of nitrogens with zero attached hydrogens (tertiary/aromatic N) is 6. The normalized spacial score (nSPS) is 28.1. The molecule has 0 unspecified atom stereocenters. The highest BCUT2D eigenvalue weighted by Gasteiger charge is 2.46. The monoisotopic (exact) mass is 592 g/mol. The van der Waals surface area contributed by atoms with Crippen LogP contribution < -0.4 is 14.4 Å². The molecule has 2 aromatic heterocycles. The molecule has 0 N–H and O–H groups in total. The first-order valence-corrected chi connectivity index (χ1v) is 14.9. The number of morpholine rings is 1. The van der Waals surface area contributed by atoms with Crippen LogP contribution in [0.15, 0.2) is 0 Å². The van der Waals surface area contributed by atoms with Crippen LogP contribution in [0.1, 0.15) is 53.9 Å². The van der Waals surface area contributed by atoms with E-state index in [4.69, 9.17) is 35.5 Å². The van der Waals surface area contributed by atoms with Gasteiger partial charge < -0.3 is 28.7 Å². The number of carbonyl (C=O) groups is 1. The number of amides is 1. The SMILES string of the molecule is CC[C@H]1[C@H]2[C@H](C)Oc3nc(Cl)c(F)c4nc(OC[C@@H]5CC[C@H]6COCCN65)nc(c34)N2CCN1C(=O)OC(C)(C)C. The topological polar surface area (TPSA) is 102 Å². The second-order valence-corrected chi connectivity index (χ2v) is 12.6. The van der Waals surface area contributed by atoms with E-state index in [9.17, 15) is 4.79 Å². The van der Waals surface area contributed by atoms with Gasteiger partial charge in [0, 0.05) is 31.7 Å². The first-order valence-electron chi connectivity index (χ1n) is 14.5. The molecule has 41 heavy (non-hydrogen) atoms. The molecule has 6 heterocycles. The molecule has 5 atom stereocenters. The summed E-state index contributed by atoms with van der Waals surface area (Å²) in [5.74, 6) is -0.113. The van der Waals surface area contributed by atoms with Crippen LogP contribution in [0.5, 0.6) is 11.9 Å². The maximum absolute atomic E-state index is 15.5. The summed E-state index contributed by atoms with van der Waals surface area (Å²) in [6.07, 6.45) is 1.88. The molecule has 1 amide bonds. The first kappa shape index (κ1) is 28.4. The van der Waals surface area contributed by atoms with Crippen molar-refractivity contribution in [3.05, 3.63) is 11.0 Å². The largest absolute Gasteiger partial charge is 0.472 e. The van der Waals surface area contributed by atoms with E-state index in [-0.39, 0.29) is 46.8 Å². The van der Waals surface area contributed by atoms with E-state index in [1.165, 1.54) is 0 Å². The van der Waals surface area contributed by atoms with Gasteiger partial charge in [-0.3, -0.25) is 4.90 Å². The third-order valence-electron chi connectivity index (χ3n) is 8.49. The number of hydrogen-bond acceptors (Lipinski definition) is 10. The van der Waals surface area contributed by atoms with Crippen LogP contribution in [0, 0.1) is 5.82 Å². The van der Waals surface area contributed by atoms with Crippen molar-refractivity contribution in [1.29, 1.82) is 0 Å². The fourth-order valence-electron chi connectivity index (χ4n) is 6.72. The molecule has 3 saturated heterocycles. The number of carbonyl (C=O) groups excluding carboxylic acids is 1. The van der Waals surface area contributed by atoms with E-state index >= 15 is 4.39 Å². The Morgan fingerprint density at radius 1 is 1.17 bits per heavy atom. The van der Waals surface area contributed by atoms with Gasteiger partial charge in [-0.05, 0) is 47.0 Å². The van der Waals surface area contributed by atoms with Crippen molar-refractivity contribution >= 4 is 34.4 Å². The number of hydrogen-bond donors (Lipinski definition) is 0. The van der Waals surface area contributed by atoms with Gasteiger partial charge in [-0.15, -0.1) is 0 Å². The number of ether oxygens (including phenoxy) is 4. The zero-order valence-corrected chi connectivity index (χ0v) is 25.0. The molecule has 4 aliphatic rings. The minimum atomic E-state index is -0.748. The minimum Gasteiger partial charge on any atom is -0.472 e. The lowest BCUT2D eigenvalue weighted by molar-refractivity contribution is -0.0101. The summed E-state index contributed by atoms with van der Waals surface area (Å²) in [6, 6.07) is 0.117. The summed E-state index contributed by atoms with van der Waals surface area (Å²) in [5.41, 5.74) is -0.621. The highest BCUT2D eigenvalue weighted by atomic mass is 35.5. The van der Waals surface area contributed by atoms with Gasteiger partial charge >= 0.3 is 12.1 Å². The molecule has 0 saturated carbocycles. The Bertz CT molecular complexity index is 1330. The molecule has 0 spiro atoms. The van der Waals surface area contributed by atoms with Crippen LogP contribution in [0.3, 0.4) is 0 Å². The number of halogens is 2. The van der Waals surface area contributed by atoms with Crippen molar-refractivity contribution in [3.8, 4) is 11.9 Å². The van der Waals surface area contributed by atoms with Crippen molar-refractivity contribution < 1.29 is 28.1 Å². The summed E-state index contributed by atoms with van der Waals surface area (Å²) in [4.78, 5) is 33.0. The van der Waals surface area contributed by atoms with Gasteiger partial charge in [0.1, 0.15) is 35.0 Å². The maximum Gasteiger partial charge on any atom is 0.410 e. The molecule has 0 radical (unpaired) electrons. The van der Waals surface area contributed by atoms with Gasteiger partial charge in [0.2, 0.25) is 5.88 Å². The predicted octanol–water partition coefficient (Wildman–Crippen LogP) is 4.04. The molecule has 4 aliphatic heterocycles. The van der Waals surface area contributed by atoms with E-state index in [1.807, 2.05) is 34.6 Å². The fourth-order valence-corrected chi connectivity index (χ4v) is 6.89. The van der Waals surface area contributed by atoms with Crippen molar-refractivity contribution in [2.45, 2.75) is 89.8 Å². The summed E-state index contributed by atoms with van der Waals surface area (Å²) >= 11 is 6.22. The third kappa shape index (κ3) is 5.23. The van der Waals surface area contributed by atoms with Gasteiger partial charge in [-0.1, -0.05) is 18.5 Å². The lowest BCUT2D eigenvalue weighted by Crippen LogP contribution is -2.65. The van der Waals surface area contributed by atoms with Crippen LogP contribution in [0.2, 0.25) is 5.15 Å². The van der Waals surface area contributed by atoms with E-state index in [0.29, 0.717) is 50.0 Å². The summed E-state index contributed by atoms with van der Waals surface area (Å²) in [5, 5.41) is 0.0211. The Morgan fingerprint density at radius 2 is 1.98 bits per heavy atom. The Kier molecular flexibility index (Phi) is 7.52. The van der Waals surface area contributed by atoms with E-state index in [0.717, 1.165) is 26.0 Å². The number of fused-ring (bicyclic) bond motifs is 3. The maximum atomic E-state index is 15.5. The van der Waals surface area contributed by atoms with Crippen molar-refractivity contribution in [3.63, 3.8) is 0 Å². The number of aromatic nitrogens is 3. The zero-order chi connectivity index (χ0) is 29.1. The van der Waals surface area contributed by atoms with Crippen LogP contribution in [-0.4, -0.2) is 106 Å². The van der Waals surface area contributed by atoms with Crippen molar-refractivity contribution in [2.24, 2.45) is 0 Å². The summed E-state index contributed by atoms with van der Waals surface area (Å²) in [6.45, 7) is 13.0. The number of pyridine rings is 1. The Balaban J connectivity index is 1.36. The Morgan fingerprint density at radius 3 is 2.73 bits per heavy atom. The van der Waals surface area contributed by atoms with Gasteiger partial charge in [0.15, 0.2) is 11.0 Å². The van der Waals surface area contributed by atoms with Crippen molar-refractivity contribution in [1.82, 2.24) is 24.8 Å². The van der Waals surface area contributed by atoms with E-state index < -0.39 is 17.5 Å². The predicted molar refractivity (Wildman–Crippen MR) is 150 cm³/mol. The molecule has 0 aromatic carbocycles. The highest BCUT2D eigenvalue weighted by Crippen LogP contribution is 2.42. The van der Waals surface area contributed by atoms with Crippen LogP contribution in [0.4, 0.5) is 15.0 Å². The lowest BCUT2D eigenvalue weighted by atomic mass is 9.94. The molecule has 3 fully saturated rings. The van der Waals surface area contributed by atoms with Gasteiger partial charge in [0.05, 0.1) is 25.3 Å². The smallest absolute Gasteiger partial charge is 0.410 e. The standard InChI is InChI=1S/C28H38ClFN6O5/c1-6-18-22-15(2)40-25-19-21(20(30)23(29)32-25)31-26(39-14-17-8-7-16-13-38-12-11-34(16)17)33-24(19)36(22)10-9-35(18)27(37)41-28(3,4)5/h15-18,22H,6-14H2,1-5H3/t15-,16-,17-,18-,22+/m0/s1. The molecule has 2 aromatic rings. The molecular weight excluding hydrogens is 555 g/mol. The molecular formula is C28H38ClFN6O5. The molecule has 224 valence electrons. The number of anilines is 1.